The van der Waals surface area contributed by atoms with E-state index in [2.05, 4.69) is 11.8 Å². The number of carboxylic acid groups (broad SMARTS) is 1. The maximum atomic E-state index is 10.9. The van der Waals surface area contributed by atoms with Gasteiger partial charge in [0.2, 0.25) is 0 Å². The second kappa shape index (κ2) is 7.89. The number of benzene rings is 2. The smallest absolute Gasteiger partial charge is 0.335 e. The van der Waals surface area contributed by atoms with Gasteiger partial charge >= 0.3 is 5.97 Å². The Hall–Kier alpha value is -2.37. The highest BCUT2D eigenvalue weighted by Crippen LogP contribution is 2.27. The Labute approximate surface area is 154 Å². The molecule has 0 aromatic heterocycles. The van der Waals surface area contributed by atoms with Gasteiger partial charge in [0, 0.05) is 26.7 Å². The molecule has 0 radical (unpaired) electrons. The molecule has 1 atom stereocenters. The van der Waals surface area contributed by atoms with Crippen molar-refractivity contribution in [2.45, 2.75) is 25.5 Å². The van der Waals surface area contributed by atoms with E-state index < -0.39 is 5.97 Å². The van der Waals surface area contributed by atoms with Crippen LogP contribution in [0.2, 0.25) is 0 Å². The van der Waals surface area contributed by atoms with Crippen LogP contribution in [0, 0.1) is 6.92 Å². The molecule has 138 valence electrons. The number of rotatable bonds is 7. The Morgan fingerprint density at radius 3 is 2.46 bits per heavy atom. The Morgan fingerprint density at radius 1 is 1.15 bits per heavy atom. The number of aryl methyl sites for hydroxylation is 1. The molecule has 1 N–H and O–H groups in total. The average molecular weight is 355 g/mol. The van der Waals surface area contributed by atoms with Crippen LogP contribution in [0.1, 0.15) is 27.9 Å². The van der Waals surface area contributed by atoms with E-state index in [1.165, 1.54) is 5.56 Å². The van der Waals surface area contributed by atoms with E-state index in [4.69, 9.17) is 14.6 Å². The van der Waals surface area contributed by atoms with E-state index in [-0.39, 0.29) is 5.60 Å². The van der Waals surface area contributed by atoms with Gasteiger partial charge in [0.1, 0.15) is 18.0 Å². The fourth-order valence-corrected chi connectivity index (χ4v) is 3.27. The van der Waals surface area contributed by atoms with Gasteiger partial charge in [-0.2, -0.15) is 0 Å². The minimum Gasteiger partial charge on any atom is -0.491 e. The Balaban J connectivity index is 1.57. The first-order chi connectivity index (χ1) is 12.5. The molecular formula is C21H25NO4. The predicted octanol–water partition coefficient (Wildman–Crippen LogP) is 3.36. The quantitative estimate of drug-likeness (QED) is 0.825. The van der Waals surface area contributed by atoms with Gasteiger partial charge in [-0.1, -0.05) is 29.8 Å². The predicted molar refractivity (Wildman–Crippen MR) is 99.7 cm³/mol. The van der Waals surface area contributed by atoms with Gasteiger partial charge in [0.15, 0.2) is 0 Å². The fraction of sp³-hybridized carbons (Fsp3) is 0.381. The van der Waals surface area contributed by atoms with Crippen LogP contribution < -0.4 is 4.74 Å². The number of carboxylic acids is 1. The zero-order valence-corrected chi connectivity index (χ0v) is 15.3. The van der Waals surface area contributed by atoms with Crippen molar-refractivity contribution in [1.82, 2.24) is 4.90 Å². The highest BCUT2D eigenvalue weighted by atomic mass is 16.5. The van der Waals surface area contributed by atoms with Gasteiger partial charge in [0.05, 0.1) is 5.56 Å². The van der Waals surface area contributed by atoms with Crippen molar-refractivity contribution < 1.29 is 19.4 Å². The normalized spacial score (nSPS) is 20.2. The summed E-state index contributed by atoms with van der Waals surface area (Å²) in [7, 11) is 1.74. The standard InChI is InChI=1S/C21H25NO4/c1-16-3-9-19(10-4-16)26-15-21(25-2)11-12-22(14-21)13-17-5-7-18(8-6-17)20(23)24/h3-10H,11-15H2,1-2H3,(H,23,24). The van der Waals surface area contributed by atoms with Crippen LogP contribution >= 0.6 is 0 Å². The summed E-state index contributed by atoms with van der Waals surface area (Å²) in [5.41, 5.74) is 2.31. The molecule has 5 heteroatoms. The number of nitrogens with zero attached hydrogens (tertiary/aromatic N) is 1. The van der Waals surface area contributed by atoms with Crippen molar-refractivity contribution in [2.75, 3.05) is 26.8 Å². The molecule has 1 saturated heterocycles. The number of aromatic carboxylic acids is 1. The topological polar surface area (TPSA) is 59.0 Å². The third-order valence-corrected chi connectivity index (χ3v) is 4.96. The summed E-state index contributed by atoms with van der Waals surface area (Å²) in [6.07, 6.45) is 0.905. The molecule has 1 fully saturated rings. The lowest BCUT2D eigenvalue weighted by Crippen LogP contribution is -2.41. The molecule has 1 unspecified atom stereocenters. The Bertz CT molecular complexity index is 742. The van der Waals surface area contributed by atoms with Gasteiger partial charge in [0.25, 0.3) is 0 Å². The number of carbonyl (C=O) groups is 1. The van der Waals surface area contributed by atoms with Crippen LogP contribution in [-0.2, 0) is 11.3 Å². The van der Waals surface area contributed by atoms with Crippen molar-refractivity contribution >= 4 is 5.97 Å². The van der Waals surface area contributed by atoms with Crippen molar-refractivity contribution in [1.29, 1.82) is 0 Å². The van der Waals surface area contributed by atoms with Crippen molar-refractivity contribution in [2.24, 2.45) is 0 Å². The summed E-state index contributed by atoms with van der Waals surface area (Å²) in [5.74, 6) is -0.0425. The lowest BCUT2D eigenvalue weighted by atomic mass is 10.0. The van der Waals surface area contributed by atoms with Crippen LogP contribution in [-0.4, -0.2) is 48.4 Å². The minimum absolute atomic E-state index is 0.313. The van der Waals surface area contributed by atoms with E-state index in [1.807, 2.05) is 36.4 Å². The first kappa shape index (κ1) is 18.4. The largest absolute Gasteiger partial charge is 0.491 e. The summed E-state index contributed by atoms with van der Waals surface area (Å²) in [6, 6.07) is 15.1. The monoisotopic (exact) mass is 355 g/mol. The van der Waals surface area contributed by atoms with Crippen LogP contribution in [0.15, 0.2) is 48.5 Å². The van der Waals surface area contributed by atoms with Crippen molar-refractivity contribution in [3.63, 3.8) is 0 Å². The highest BCUT2D eigenvalue weighted by molar-refractivity contribution is 5.87. The summed E-state index contributed by atoms with van der Waals surface area (Å²) in [5, 5.41) is 8.99. The van der Waals surface area contributed by atoms with Crippen LogP contribution in [0.4, 0.5) is 0 Å². The molecule has 3 rings (SSSR count). The molecule has 2 aromatic carbocycles. The zero-order valence-electron chi connectivity index (χ0n) is 15.3. The molecule has 0 spiro atoms. The van der Waals surface area contributed by atoms with E-state index in [0.717, 1.165) is 37.4 Å². The van der Waals surface area contributed by atoms with Gasteiger partial charge in [-0.3, -0.25) is 4.90 Å². The molecule has 1 aliphatic rings. The summed E-state index contributed by atoms with van der Waals surface area (Å²) < 4.78 is 11.8. The van der Waals surface area contributed by atoms with E-state index in [9.17, 15) is 4.79 Å². The van der Waals surface area contributed by atoms with Crippen molar-refractivity contribution in [3.05, 3.63) is 65.2 Å². The molecule has 26 heavy (non-hydrogen) atoms. The molecule has 2 aromatic rings. The molecule has 1 aliphatic heterocycles. The zero-order chi connectivity index (χ0) is 18.6. The third-order valence-electron chi connectivity index (χ3n) is 4.96. The first-order valence-electron chi connectivity index (χ1n) is 8.79. The molecular weight excluding hydrogens is 330 g/mol. The molecule has 0 saturated carbocycles. The molecule has 5 nitrogen and oxygen atoms in total. The number of hydrogen-bond acceptors (Lipinski definition) is 4. The maximum Gasteiger partial charge on any atom is 0.335 e. The Morgan fingerprint density at radius 2 is 1.85 bits per heavy atom. The highest BCUT2D eigenvalue weighted by Gasteiger charge is 2.39. The van der Waals surface area contributed by atoms with Crippen molar-refractivity contribution in [3.8, 4) is 5.75 Å². The SMILES string of the molecule is COC1(COc2ccc(C)cc2)CCN(Cc2ccc(C(=O)O)cc2)C1. The van der Waals surface area contributed by atoms with E-state index in [1.54, 1.807) is 19.2 Å². The number of ether oxygens (including phenoxy) is 2. The summed E-state index contributed by atoms with van der Waals surface area (Å²) >= 11 is 0. The third kappa shape index (κ3) is 4.42. The summed E-state index contributed by atoms with van der Waals surface area (Å²) in [6.45, 7) is 5.05. The van der Waals surface area contributed by atoms with Crippen LogP contribution in [0.5, 0.6) is 5.75 Å². The van der Waals surface area contributed by atoms with Gasteiger partial charge in [-0.05, 0) is 43.2 Å². The van der Waals surface area contributed by atoms with Gasteiger partial charge in [-0.15, -0.1) is 0 Å². The molecule has 0 aliphatic carbocycles. The molecule has 0 bridgehead atoms. The second-order valence-electron chi connectivity index (χ2n) is 6.95. The lowest BCUT2D eigenvalue weighted by Gasteiger charge is -2.28. The van der Waals surface area contributed by atoms with Gasteiger partial charge in [-0.25, -0.2) is 4.79 Å². The minimum atomic E-state index is -0.899. The van der Waals surface area contributed by atoms with E-state index in [0.29, 0.717) is 12.2 Å². The molecule has 1 heterocycles. The number of hydrogen-bond donors (Lipinski definition) is 1. The fourth-order valence-electron chi connectivity index (χ4n) is 3.27. The first-order valence-corrected chi connectivity index (χ1v) is 8.79. The second-order valence-corrected chi connectivity index (χ2v) is 6.95. The average Bonchev–Trinajstić information content (AvgIpc) is 3.05. The maximum absolute atomic E-state index is 10.9. The lowest BCUT2D eigenvalue weighted by molar-refractivity contribution is -0.0359. The molecule has 0 amide bonds. The van der Waals surface area contributed by atoms with Crippen LogP contribution in [0.25, 0.3) is 0 Å². The number of likely N-dealkylation sites (tertiary alicyclic amines) is 1. The van der Waals surface area contributed by atoms with E-state index >= 15 is 0 Å². The Kier molecular flexibility index (Phi) is 5.59. The van der Waals surface area contributed by atoms with Crippen LogP contribution in [0.3, 0.4) is 0 Å². The summed E-state index contributed by atoms with van der Waals surface area (Å²) in [4.78, 5) is 13.3. The number of methoxy groups -OCH3 is 1. The van der Waals surface area contributed by atoms with Gasteiger partial charge < -0.3 is 14.6 Å².